The summed E-state index contributed by atoms with van der Waals surface area (Å²) in [6.07, 6.45) is 1.20. The first kappa shape index (κ1) is 9.01. The predicted molar refractivity (Wildman–Crippen MR) is 44.6 cm³/mol. The molecule has 66 valence electrons. The Kier molecular flexibility index (Phi) is 2.90. The van der Waals surface area contributed by atoms with E-state index in [1.807, 2.05) is 6.92 Å². The van der Waals surface area contributed by atoms with E-state index < -0.39 is 0 Å². The maximum Gasteiger partial charge on any atom is 0.0936 e. The van der Waals surface area contributed by atoms with Gasteiger partial charge in [0.25, 0.3) is 0 Å². The molecule has 0 N–H and O–H groups in total. The quantitative estimate of drug-likeness (QED) is 0.621. The SMILES string of the molecule is CCOCC1(C)OCC1CC. The summed E-state index contributed by atoms with van der Waals surface area (Å²) in [5, 5.41) is 0. The van der Waals surface area contributed by atoms with Gasteiger partial charge in [-0.15, -0.1) is 0 Å². The van der Waals surface area contributed by atoms with Crippen LogP contribution < -0.4 is 0 Å². The van der Waals surface area contributed by atoms with Crippen molar-refractivity contribution in [3.8, 4) is 0 Å². The molecule has 2 unspecified atom stereocenters. The number of ether oxygens (including phenoxy) is 2. The lowest BCUT2D eigenvalue weighted by molar-refractivity contribution is -0.219. The highest BCUT2D eigenvalue weighted by atomic mass is 16.6. The van der Waals surface area contributed by atoms with Crippen molar-refractivity contribution in [2.24, 2.45) is 5.92 Å². The van der Waals surface area contributed by atoms with Crippen molar-refractivity contribution in [1.29, 1.82) is 0 Å². The van der Waals surface area contributed by atoms with Gasteiger partial charge in [0.1, 0.15) is 0 Å². The fourth-order valence-electron chi connectivity index (χ4n) is 1.50. The fourth-order valence-corrected chi connectivity index (χ4v) is 1.50. The van der Waals surface area contributed by atoms with E-state index in [-0.39, 0.29) is 5.60 Å². The minimum atomic E-state index is 0.0186. The largest absolute Gasteiger partial charge is 0.379 e. The Balaban J connectivity index is 2.28. The summed E-state index contributed by atoms with van der Waals surface area (Å²) in [6.45, 7) is 8.82. The van der Waals surface area contributed by atoms with Crippen molar-refractivity contribution in [2.45, 2.75) is 32.8 Å². The van der Waals surface area contributed by atoms with Gasteiger partial charge in [-0.1, -0.05) is 6.92 Å². The second kappa shape index (κ2) is 3.55. The van der Waals surface area contributed by atoms with Crippen molar-refractivity contribution in [1.82, 2.24) is 0 Å². The normalized spacial score (nSPS) is 36.8. The molecule has 11 heavy (non-hydrogen) atoms. The standard InChI is InChI=1S/C9H18O2/c1-4-8-6-11-9(8,3)7-10-5-2/h8H,4-7H2,1-3H3. The van der Waals surface area contributed by atoms with Crippen LogP contribution >= 0.6 is 0 Å². The molecule has 0 aromatic rings. The third-order valence-corrected chi connectivity index (χ3v) is 2.56. The Morgan fingerprint density at radius 1 is 1.55 bits per heavy atom. The molecule has 1 heterocycles. The van der Waals surface area contributed by atoms with Gasteiger partial charge in [-0.3, -0.25) is 0 Å². The molecule has 2 nitrogen and oxygen atoms in total. The molecule has 2 heteroatoms. The lowest BCUT2D eigenvalue weighted by atomic mass is 9.83. The summed E-state index contributed by atoms with van der Waals surface area (Å²) in [6, 6.07) is 0. The maximum atomic E-state index is 5.50. The van der Waals surface area contributed by atoms with Crippen molar-refractivity contribution >= 4 is 0 Å². The van der Waals surface area contributed by atoms with Crippen LogP contribution in [0.4, 0.5) is 0 Å². The second-order valence-corrected chi connectivity index (χ2v) is 3.37. The van der Waals surface area contributed by atoms with Crippen LogP contribution in [0, 0.1) is 5.92 Å². The molecule has 0 aromatic carbocycles. The van der Waals surface area contributed by atoms with Gasteiger partial charge in [-0.2, -0.15) is 0 Å². The maximum absolute atomic E-state index is 5.50. The molecule has 1 saturated heterocycles. The first-order valence-electron chi connectivity index (χ1n) is 4.44. The van der Waals surface area contributed by atoms with Gasteiger partial charge >= 0.3 is 0 Å². The van der Waals surface area contributed by atoms with Crippen LogP contribution in [0.25, 0.3) is 0 Å². The third-order valence-electron chi connectivity index (χ3n) is 2.56. The average molecular weight is 158 g/mol. The molecule has 0 bridgehead atoms. The summed E-state index contributed by atoms with van der Waals surface area (Å²) in [7, 11) is 0. The van der Waals surface area contributed by atoms with E-state index in [1.165, 1.54) is 6.42 Å². The van der Waals surface area contributed by atoms with Gasteiger partial charge in [0, 0.05) is 12.5 Å². The Morgan fingerprint density at radius 2 is 2.27 bits per heavy atom. The number of hydrogen-bond donors (Lipinski definition) is 0. The molecule has 1 aliphatic rings. The molecule has 0 saturated carbocycles. The summed E-state index contributed by atoms with van der Waals surface area (Å²) in [5.41, 5.74) is 0.0186. The summed E-state index contributed by atoms with van der Waals surface area (Å²) in [4.78, 5) is 0. The van der Waals surface area contributed by atoms with Crippen LogP contribution in [0.1, 0.15) is 27.2 Å². The van der Waals surface area contributed by atoms with Gasteiger partial charge in [0.15, 0.2) is 0 Å². The van der Waals surface area contributed by atoms with Crippen molar-refractivity contribution in [3.05, 3.63) is 0 Å². The van der Waals surface area contributed by atoms with Crippen molar-refractivity contribution in [2.75, 3.05) is 19.8 Å². The van der Waals surface area contributed by atoms with Crippen molar-refractivity contribution in [3.63, 3.8) is 0 Å². The van der Waals surface area contributed by atoms with Gasteiger partial charge in [-0.25, -0.2) is 0 Å². The van der Waals surface area contributed by atoms with E-state index in [1.54, 1.807) is 0 Å². The first-order valence-corrected chi connectivity index (χ1v) is 4.44. The zero-order chi connectivity index (χ0) is 8.32. The minimum Gasteiger partial charge on any atom is -0.379 e. The Labute approximate surface area is 68.9 Å². The van der Waals surface area contributed by atoms with Gasteiger partial charge < -0.3 is 9.47 Å². The number of rotatable bonds is 4. The summed E-state index contributed by atoms with van der Waals surface area (Å²) in [5.74, 6) is 0.703. The molecule has 1 fully saturated rings. The van der Waals surface area contributed by atoms with Gasteiger partial charge in [0.2, 0.25) is 0 Å². The lowest BCUT2D eigenvalue weighted by Crippen LogP contribution is -2.54. The van der Waals surface area contributed by atoms with E-state index in [0.717, 1.165) is 19.8 Å². The smallest absolute Gasteiger partial charge is 0.0936 e. The fraction of sp³-hybridized carbons (Fsp3) is 1.00. The van der Waals surface area contributed by atoms with Crippen LogP contribution in [-0.4, -0.2) is 25.4 Å². The highest BCUT2D eigenvalue weighted by molar-refractivity contribution is 4.90. The molecular formula is C9H18O2. The van der Waals surface area contributed by atoms with Crippen LogP contribution in [0.3, 0.4) is 0 Å². The molecule has 0 radical (unpaired) electrons. The van der Waals surface area contributed by atoms with E-state index in [2.05, 4.69) is 13.8 Å². The number of hydrogen-bond acceptors (Lipinski definition) is 2. The Morgan fingerprint density at radius 3 is 2.64 bits per heavy atom. The summed E-state index contributed by atoms with van der Waals surface area (Å²) >= 11 is 0. The molecule has 1 rings (SSSR count). The molecule has 2 atom stereocenters. The highest BCUT2D eigenvalue weighted by Gasteiger charge is 2.42. The van der Waals surface area contributed by atoms with E-state index >= 15 is 0 Å². The zero-order valence-electron chi connectivity index (χ0n) is 7.72. The van der Waals surface area contributed by atoms with Gasteiger partial charge in [-0.05, 0) is 20.3 Å². The first-order chi connectivity index (χ1) is 5.23. The van der Waals surface area contributed by atoms with Crippen LogP contribution in [0.15, 0.2) is 0 Å². The van der Waals surface area contributed by atoms with Crippen molar-refractivity contribution < 1.29 is 9.47 Å². The van der Waals surface area contributed by atoms with Gasteiger partial charge in [0.05, 0.1) is 18.8 Å². The molecule has 0 aromatic heterocycles. The summed E-state index contributed by atoms with van der Waals surface area (Å²) < 4.78 is 10.8. The van der Waals surface area contributed by atoms with E-state index in [4.69, 9.17) is 9.47 Å². The molecule has 0 spiro atoms. The van der Waals surface area contributed by atoms with E-state index in [0.29, 0.717) is 5.92 Å². The highest BCUT2D eigenvalue weighted by Crippen LogP contribution is 2.35. The Bertz CT molecular complexity index is 123. The average Bonchev–Trinajstić information content (AvgIpc) is 1.99. The van der Waals surface area contributed by atoms with Crippen LogP contribution in [0.2, 0.25) is 0 Å². The van der Waals surface area contributed by atoms with Crippen LogP contribution in [-0.2, 0) is 9.47 Å². The molecule has 0 amide bonds. The molecule has 1 aliphatic heterocycles. The minimum absolute atomic E-state index is 0.0186. The monoisotopic (exact) mass is 158 g/mol. The molecule has 0 aliphatic carbocycles. The molecular weight excluding hydrogens is 140 g/mol. The predicted octanol–water partition coefficient (Wildman–Crippen LogP) is 1.84. The van der Waals surface area contributed by atoms with Crippen LogP contribution in [0.5, 0.6) is 0 Å². The third kappa shape index (κ3) is 1.74. The second-order valence-electron chi connectivity index (χ2n) is 3.37. The topological polar surface area (TPSA) is 18.5 Å². The lowest BCUT2D eigenvalue weighted by Gasteiger charge is -2.46. The zero-order valence-corrected chi connectivity index (χ0v) is 7.72. The van der Waals surface area contributed by atoms with E-state index in [9.17, 15) is 0 Å². The Hall–Kier alpha value is -0.0800.